The molecule has 2 fully saturated rings. The molecule has 6 nitrogen and oxygen atoms in total. The number of ether oxygens (including phenoxy) is 1. The van der Waals surface area contributed by atoms with Crippen LogP contribution in [0.1, 0.15) is 112 Å². The van der Waals surface area contributed by atoms with E-state index in [9.17, 15) is 9.59 Å². The maximum Gasteiger partial charge on any atom is 0.325 e. The number of carbonyl (C=O) groups is 2. The van der Waals surface area contributed by atoms with E-state index < -0.39 is 5.54 Å². The van der Waals surface area contributed by atoms with Crippen LogP contribution in [0.3, 0.4) is 0 Å². The second-order valence-corrected chi connectivity index (χ2v) is 11.0. The number of nitrogens with one attached hydrogen (secondary N) is 1. The van der Waals surface area contributed by atoms with Crippen LogP contribution < -0.4 is 5.32 Å². The number of methoxy groups -OCH3 is 1. The van der Waals surface area contributed by atoms with Gasteiger partial charge in [-0.25, -0.2) is 4.79 Å². The molecular weight excluding hydrogens is 390 g/mol. The van der Waals surface area contributed by atoms with Crippen molar-refractivity contribution in [1.82, 2.24) is 15.1 Å². The van der Waals surface area contributed by atoms with Gasteiger partial charge in [0.2, 0.25) is 0 Å². The quantitative estimate of drug-likeness (QED) is 0.307. The van der Waals surface area contributed by atoms with Crippen LogP contribution >= 0.6 is 0 Å². The first kappa shape index (κ1) is 26.1. The Bertz CT molecular complexity index is 585. The molecule has 180 valence electrons. The Morgan fingerprint density at radius 1 is 0.839 bits per heavy atom. The molecule has 1 N–H and O–H groups in total. The van der Waals surface area contributed by atoms with Crippen molar-refractivity contribution in [1.29, 1.82) is 0 Å². The molecule has 2 aliphatic heterocycles. The molecule has 0 bridgehead atoms. The minimum Gasteiger partial charge on any atom is -0.369 e. The smallest absolute Gasteiger partial charge is 0.325 e. The van der Waals surface area contributed by atoms with Crippen LogP contribution in [0.25, 0.3) is 0 Å². The van der Waals surface area contributed by atoms with Gasteiger partial charge in [-0.1, -0.05) is 64.7 Å². The first-order valence-electron chi connectivity index (χ1n) is 12.5. The van der Waals surface area contributed by atoms with Crippen LogP contribution in [-0.2, 0) is 9.53 Å². The molecule has 0 unspecified atom stereocenters. The summed E-state index contributed by atoms with van der Waals surface area (Å²) < 4.78 is 5.43. The Hall–Kier alpha value is -1.14. The molecule has 2 aliphatic rings. The number of unbranched alkanes of at least 4 members (excludes halogenated alkanes) is 9. The minimum atomic E-state index is -0.799. The van der Waals surface area contributed by atoms with Crippen LogP contribution in [0, 0.1) is 0 Å². The van der Waals surface area contributed by atoms with E-state index in [1.807, 2.05) is 0 Å². The summed E-state index contributed by atoms with van der Waals surface area (Å²) in [6.45, 7) is 11.8. The van der Waals surface area contributed by atoms with Gasteiger partial charge in [0, 0.05) is 24.7 Å². The number of amides is 3. The van der Waals surface area contributed by atoms with Crippen LogP contribution in [0.4, 0.5) is 4.79 Å². The van der Waals surface area contributed by atoms with E-state index in [4.69, 9.17) is 4.74 Å². The number of urea groups is 1. The standard InChI is InChI=1S/C25H47N3O3/c1-7-8-9-10-11-12-13-14-15-16-17-27-21(29)25(26-22(27)30)18-23(2,3)28(20-31-6)24(4,5)19-25/h7-20H2,1-6H3,(H,26,30). The zero-order chi connectivity index (χ0) is 23.1. The molecule has 0 aromatic heterocycles. The molecule has 6 heteroatoms. The third-order valence-corrected chi connectivity index (χ3v) is 7.17. The van der Waals surface area contributed by atoms with Gasteiger partial charge in [0.05, 0.1) is 6.73 Å². The molecule has 0 aromatic carbocycles. The van der Waals surface area contributed by atoms with E-state index in [2.05, 4.69) is 44.8 Å². The SMILES string of the molecule is CCCCCCCCCCCCN1C(=O)NC2(CC(C)(C)N(COC)C(C)(C)C2)C1=O. The number of rotatable bonds is 13. The average molecular weight is 438 g/mol. The molecule has 2 heterocycles. The van der Waals surface area contributed by atoms with E-state index in [0.29, 0.717) is 26.1 Å². The zero-order valence-electron chi connectivity index (χ0n) is 21.0. The van der Waals surface area contributed by atoms with Crippen molar-refractivity contribution in [3.05, 3.63) is 0 Å². The first-order valence-corrected chi connectivity index (χ1v) is 12.5. The predicted octanol–water partition coefficient (Wildman–Crippen LogP) is 5.45. The van der Waals surface area contributed by atoms with Crippen LogP contribution in [0.15, 0.2) is 0 Å². The fraction of sp³-hybridized carbons (Fsp3) is 0.920. The van der Waals surface area contributed by atoms with Crippen molar-refractivity contribution in [2.24, 2.45) is 0 Å². The zero-order valence-corrected chi connectivity index (χ0v) is 21.0. The number of imide groups is 1. The Morgan fingerprint density at radius 2 is 1.32 bits per heavy atom. The lowest BCUT2D eigenvalue weighted by Crippen LogP contribution is -2.69. The van der Waals surface area contributed by atoms with Gasteiger partial charge in [0.1, 0.15) is 5.54 Å². The van der Waals surface area contributed by atoms with E-state index in [1.165, 1.54) is 56.3 Å². The maximum atomic E-state index is 13.4. The number of piperidine rings is 1. The summed E-state index contributed by atoms with van der Waals surface area (Å²) in [6, 6.07) is -0.215. The van der Waals surface area contributed by atoms with Gasteiger partial charge >= 0.3 is 6.03 Å². The highest BCUT2D eigenvalue weighted by atomic mass is 16.5. The summed E-state index contributed by atoms with van der Waals surface area (Å²) in [5.41, 5.74) is -1.31. The Balaban J connectivity index is 1.83. The van der Waals surface area contributed by atoms with Crippen molar-refractivity contribution in [3.63, 3.8) is 0 Å². The van der Waals surface area contributed by atoms with Gasteiger partial charge in [-0.3, -0.25) is 14.6 Å². The lowest BCUT2D eigenvalue weighted by atomic mass is 9.69. The topological polar surface area (TPSA) is 61.9 Å². The largest absolute Gasteiger partial charge is 0.369 e. The Kier molecular flexibility index (Phi) is 9.38. The van der Waals surface area contributed by atoms with Crippen molar-refractivity contribution < 1.29 is 14.3 Å². The summed E-state index contributed by atoms with van der Waals surface area (Å²) in [7, 11) is 1.70. The van der Waals surface area contributed by atoms with Gasteiger partial charge in [-0.05, 0) is 47.0 Å². The molecular formula is C25H47N3O3. The van der Waals surface area contributed by atoms with Crippen molar-refractivity contribution in [2.75, 3.05) is 20.4 Å². The van der Waals surface area contributed by atoms with Gasteiger partial charge in [-0.2, -0.15) is 0 Å². The first-order chi connectivity index (χ1) is 14.6. The molecule has 0 atom stereocenters. The summed E-state index contributed by atoms with van der Waals surface area (Å²) in [5, 5.41) is 3.10. The Labute approximate surface area is 190 Å². The van der Waals surface area contributed by atoms with E-state index >= 15 is 0 Å². The molecule has 2 rings (SSSR count). The molecule has 0 aliphatic carbocycles. The number of nitrogens with zero attached hydrogens (tertiary/aromatic N) is 2. The average Bonchev–Trinajstić information content (AvgIpc) is 2.88. The van der Waals surface area contributed by atoms with Crippen LogP contribution in [0.5, 0.6) is 0 Å². The van der Waals surface area contributed by atoms with Crippen molar-refractivity contribution in [2.45, 2.75) is 128 Å². The van der Waals surface area contributed by atoms with Gasteiger partial charge in [0.25, 0.3) is 5.91 Å². The molecule has 1 spiro atoms. The summed E-state index contributed by atoms with van der Waals surface area (Å²) in [4.78, 5) is 29.9. The van der Waals surface area contributed by atoms with Crippen LogP contribution in [0.2, 0.25) is 0 Å². The van der Waals surface area contributed by atoms with E-state index in [0.717, 1.165) is 12.8 Å². The molecule has 0 saturated carbocycles. The fourth-order valence-corrected chi connectivity index (χ4v) is 5.90. The van der Waals surface area contributed by atoms with E-state index in [1.54, 1.807) is 7.11 Å². The lowest BCUT2D eigenvalue weighted by molar-refractivity contribution is -0.148. The van der Waals surface area contributed by atoms with Gasteiger partial charge in [0.15, 0.2) is 0 Å². The second kappa shape index (κ2) is 11.1. The predicted molar refractivity (Wildman–Crippen MR) is 126 cm³/mol. The lowest BCUT2D eigenvalue weighted by Gasteiger charge is -2.57. The minimum absolute atomic E-state index is 0.0355. The summed E-state index contributed by atoms with van der Waals surface area (Å²) in [5.74, 6) is -0.0355. The molecule has 3 amide bonds. The number of hydrogen-bond acceptors (Lipinski definition) is 4. The summed E-state index contributed by atoms with van der Waals surface area (Å²) >= 11 is 0. The third kappa shape index (κ3) is 6.44. The summed E-state index contributed by atoms with van der Waals surface area (Å²) in [6.07, 6.45) is 13.6. The molecule has 31 heavy (non-hydrogen) atoms. The monoisotopic (exact) mass is 437 g/mol. The molecule has 0 radical (unpaired) electrons. The third-order valence-electron chi connectivity index (χ3n) is 7.17. The highest BCUT2D eigenvalue weighted by Crippen LogP contribution is 2.45. The molecule has 2 saturated heterocycles. The number of likely N-dealkylation sites (tertiary alicyclic amines) is 1. The van der Waals surface area contributed by atoms with Crippen molar-refractivity contribution in [3.8, 4) is 0 Å². The highest BCUT2D eigenvalue weighted by Gasteiger charge is 2.60. The van der Waals surface area contributed by atoms with Gasteiger partial charge < -0.3 is 10.1 Å². The second-order valence-electron chi connectivity index (χ2n) is 11.0. The number of hydrogen-bond donors (Lipinski definition) is 1. The van der Waals surface area contributed by atoms with Crippen LogP contribution in [-0.4, -0.2) is 58.7 Å². The maximum absolute atomic E-state index is 13.4. The van der Waals surface area contributed by atoms with Gasteiger partial charge in [-0.15, -0.1) is 0 Å². The fourth-order valence-electron chi connectivity index (χ4n) is 5.90. The van der Waals surface area contributed by atoms with Crippen molar-refractivity contribution >= 4 is 11.9 Å². The normalized spacial score (nSPS) is 22.3. The number of carbonyl (C=O) groups excluding carboxylic acids is 2. The van der Waals surface area contributed by atoms with E-state index in [-0.39, 0.29) is 23.0 Å². The Morgan fingerprint density at radius 3 is 1.81 bits per heavy atom. The highest BCUT2D eigenvalue weighted by molar-refractivity contribution is 6.07. The molecule has 0 aromatic rings.